The number of esters is 1. The third-order valence-electron chi connectivity index (χ3n) is 1.83. The fourth-order valence-electron chi connectivity index (χ4n) is 0.865. The summed E-state index contributed by atoms with van der Waals surface area (Å²) in [5, 5.41) is 9.41. The number of alkyl halides is 3. The molecule has 0 rings (SSSR count). The van der Waals surface area contributed by atoms with E-state index in [2.05, 4.69) is 4.74 Å². The molecule has 2 N–H and O–H groups in total. The third-order valence-corrected chi connectivity index (χ3v) is 2.97. The first-order valence-corrected chi connectivity index (χ1v) is 5.33. The highest BCUT2D eigenvalue weighted by atomic mass is 32.2. The van der Waals surface area contributed by atoms with Gasteiger partial charge in [-0.1, -0.05) is 6.92 Å². The van der Waals surface area contributed by atoms with Gasteiger partial charge in [-0.3, -0.25) is 4.79 Å². The first-order chi connectivity index (χ1) is 7.10. The number of hydrogen-bond acceptors (Lipinski definition) is 4. The van der Waals surface area contributed by atoms with Gasteiger partial charge >= 0.3 is 12.3 Å². The molecule has 0 spiro atoms. The summed E-state index contributed by atoms with van der Waals surface area (Å²) >= 11 is -2.64. The Morgan fingerprint density at radius 1 is 1.44 bits per heavy atom. The molecule has 96 valence electrons. The van der Waals surface area contributed by atoms with Gasteiger partial charge in [0.2, 0.25) is 0 Å². The second-order valence-corrected chi connectivity index (χ2v) is 4.23. The average molecular weight is 264 g/mol. The smallest absolute Gasteiger partial charge is 0.374 e. The van der Waals surface area contributed by atoms with Crippen LogP contribution in [-0.4, -0.2) is 31.1 Å². The Hall–Kier alpha value is -0.670. The van der Waals surface area contributed by atoms with Gasteiger partial charge in [0.15, 0.2) is 16.0 Å². The molecule has 2 atom stereocenters. The van der Waals surface area contributed by atoms with E-state index >= 15 is 0 Å². The van der Waals surface area contributed by atoms with Crippen molar-refractivity contribution in [3.8, 4) is 0 Å². The van der Waals surface area contributed by atoms with Crippen molar-refractivity contribution in [2.24, 2.45) is 0 Å². The minimum atomic E-state index is -5.08. The molecule has 0 aromatic heterocycles. The Morgan fingerprint density at radius 2 is 1.94 bits per heavy atom. The van der Waals surface area contributed by atoms with E-state index in [1.807, 2.05) is 0 Å². The number of aliphatic hydroxyl groups is 1. The highest BCUT2D eigenvalue weighted by Gasteiger charge is 2.36. The van der Waals surface area contributed by atoms with E-state index in [1.165, 1.54) is 6.92 Å². The summed E-state index contributed by atoms with van der Waals surface area (Å²) in [5.74, 6) is -1.61. The summed E-state index contributed by atoms with van der Waals surface area (Å²) in [6.45, 7) is 1.36. The maximum Gasteiger partial charge on any atom is 0.575 e. The summed E-state index contributed by atoms with van der Waals surface area (Å²) in [6.07, 6.45) is -6.63. The number of halogens is 3. The van der Waals surface area contributed by atoms with Crippen LogP contribution in [0.5, 0.6) is 0 Å². The van der Waals surface area contributed by atoms with Crippen molar-refractivity contribution in [2.45, 2.75) is 37.5 Å². The molecule has 0 heterocycles. The molecule has 0 aromatic carbocycles. The van der Waals surface area contributed by atoms with Gasteiger partial charge in [0.1, 0.15) is 0 Å². The normalized spacial score (nSPS) is 17.6. The van der Waals surface area contributed by atoms with Gasteiger partial charge in [-0.25, -0.2) is 4.21 Å². The van der Waals surface area contributed by atoms with Gasteiger partial charge in [0.05, 0.1) is 0 Å². The zero-order valence-corrected chi connectivity index (χ0v) is 9.10. The average Bonchev–Trinajstić information content (AvgIpc) is 2.11. The molecule has 0 amide bonds. The summed E-state index contributed by atoms with van der Waals surface area (Å²) < 4.78 is 57.0. The van der Waals surface area contributed by atoms with Crippen LogP contribution in [-0.2, 0) is 20.6 Å². The van der Waals surface area contributed by atoms with Crippen LogP contribution in [0.25, 0.3) is 0 Å². The lowest BCUT2D eigenvalue weighted by Gasteiger charge is -2.21. The molecule has 0 aliphatic rings. The Morgan fingerprint density at radius 3 is 2.25 bits per heavy atom. The standard InChI is InChI=1S/C7H11F3O5S/c1-2-6(12,16(13)14)4-3-5(11)15-7(8,9)10/h12H,2-4H2,1H3,(H,13,14). The Labute approximate surface area is 91.9 Å². The number of carbonyl (C=O) groups excluding carboxylic acids is 1. The van der Waals surface area contributed by atoms with Gasteiger partial charge in [0, 0.05) is 12.8 Å². The topological polar surface area (TPSA) is 83.8 Å². The molecular weight excluding hydrogens is 253 g/mol. The summed E-state index contributed by atoms with van der Waals surface area (Å²) in [6, 6.07) is 0. The van der Waals surface area contributed by atoms with Crippen molar-refractivity contribution in [1.82, 2.24) is 0 Å². The zero-order chi connectivity index (χ0) is 13.0. The Kier molecular flexibility index (Phi) is 5.36. The lowest BCUT2D eigenvalue weighted by molar-refractivity contribution is -0.306. The SMILES string of the molecule is CCC(O)(CCC(=O)OC(F)(F)F)S(=O)O. The van der Waals surface area contributed by atoms with Gasteiger partial charge in [-0.2, -0.15) is 0 Å². The van der Waals surface area contributed by atoms with E-state index in [0.29, 0.717) is 0 Å². The van der Waals surface area contributed by atoms with Crippen LogP contribution in [0.1, 0.15) is 26.2 Å². The van der Waals surface area contributed by atoms with Crippen molar-refractivity contribution in [3.63, 3.8) is 0 Å². The quantitative estimate of drug-likeness (QED) is 0.575. The van der Waals surface area contributed by atoms with Gasteiger partial charge in [-0.15, -0.1) is 13.2 Å². The minimum Gasteiger partial charge on any atom is -0.374 e. The minimum absolute atomic E-state index is 0.171. The maximum atomic E-state index is 11.6. The van der Waals surface area contributed by atoms with Gasteiger partial charge < -0.3 is 14.4 Å². The van der Waals surface area contributed by atoms with Crippen molar-refractivity contribution in [2.75, 3.05) is 0 Å². The van der Waals surface area contributed by atoms with Crippen molar-refractivity contribution >= 4 is 17.0 Å². The van der Waals surface area contributed by atoms with Crippen LogP contribution < -0.4 is 0 Å². The van der Waals surface area contributed by atoms with Crippen molar-refractivity contribution in [1.29, 1.82) is 0 Å². The molecular formula is C7H11F3O5S. The number of carbonyl (C=O) groups is 1. The highest BCUT2D eigenvalue weighted by Crippen LogP contribution is 2.23. The molecule has 0 saturated heterocycles. The number of ether oxygens (including phenoxy) is 1. The van der Waals surface area contributed by atoms with E-state index in [0.717, 1.165) is 0 Å². The lowest BCUT2D eigenvalue weighted by atomic mass is 10.1. The van der Waals surface area contributed by atoms with Crippen LogP contribution in [0.2, 0.25) is 0 Å². The molecule has 0 saturated carbocycles. The molecule has 0 aliphatic heterocycles. The fourth-order valence-corrected chi connectivity index (χ4v) is 1.39. The fraction of sp³-hybridized carbons (Fsp3) is 0.857. The van der Waals surface area contributed by atoms with Crippen LogP contribution in [0.15, 0.2) is 0 Å². The molecule has 0 aliphatic carbocycles. The van der Waals surface area contributed by atoms with E-state index in [1.54, 1.807) is 0 Å². The summed E-state index contributed by atoms with van der Waals surface area (Å²) in [5.41, 5.74) is 0. The first kappa shape index (κ1) is 15.3. The van der Waals surface area contributed by atoms with Gasteiger partial charge in [0.25, 0.3) is 0 Å². The molecule has 2 unspecified atom stereocenters. The Bertz CT molecular complexity index is 280. The predicted molar refractivity (Wildman–Crippen MR) is 47.4 cm³/mol. The monoisotopic (exact) mass is 264 g/mol. The zero-order valence-electron chi connectivity index (χ0n) is 8.28. The van der Waals surface area contributed by atoms with E-state index in [4.69, 9.17) is 4.55 Å². The number of hydrogen-bond donors (Lipinski definition) is 2. The molecule has 0 aromatic rings. The molecule has 0 radical (unpaired) electrons. The molecule has 9 heteroatoms. The Balaban J connectivity index is 4.24. The molecule has 0 fully saturated rings. The summed E-state index contributed by atoms with van der Waals surface area (Å²) in [4.78, 5) is 8.52. The van der Waals surface area contributed by atoms with Gasteiger partial charge in [-0.05, 0) is 6.42 Å². The van der Waals surface area contributed by atoms with Crippen molar-refractivity contribution in [3.05, 3.63) is 0 Å². The van der Waals surface area contributed by atoms with Crippen LogP contribution in [0.3, 0.4) is 0 Å². The largest absolute Gasteiger partial charge is 0.575 e. The second-order valence-electron chi connectivity index (χ2n) is 2.97. The van der Waals surface area contributed by atoms with E-state index in [9.17, 15) is 27.3 Å². The van der Waals surface area contributed by atoms with Crippen LogP contribution in [0.4, 0.5) is 13.2 Å². The van der Waals surface area contributed by atoms with E-state index in [-0.39, 0.29) is 6.42 Å². The maximum absolute atomic E-state index is 11.6. The van der Waals surface area contributed by atoms with Crippen LogP contribution in [0, 0.1) is 0 Å². The van der Waals surface area contributed by atoms with Crippen LogP contribution >= 0.6 is 0 Å². The first-order valence-electron chi connectivity index (χ1n) is 4.22. The highest BCUT2D eigenvalue weighted by molar-refractivity contribution is 7.80. The molecule has 0 bridgehead atoms. The second kappa shape index (κ2) is 5.60. The molecule has 16 heavy (non-hydrogen) atoms. The predicted octanol–water partition coefficient (Wildman–Crippen LogP) is 1.15. The lowest BCUT2D eigenvalue weighted by Crippen LogP contribution is -2.34. The van der Waals surface area contributed by atoms with Crippen molar-refractivity contribution < 1.29 is 36.6 Å². The number of rotatable bonds is 5. The third kappa shape index (κ3) is 5.42. The van der Waals surface area contributed by atoms with E-state index < -0.39 is 41.2 Å². The molecule has 5 nitrogen and oxygen atoms in total. The summed E-state index contributed by atoms with van der Waals surface area (Å²) in [7, 11) is 0.